The van der Waals surface area contributed by atoms with Crippen molar-refractivity contribution in [1.29, 1.82) is 0 Å². The summed E-state index contributed by atoms with van der Waals surface area (Å²) in [6.45, 7) is 2.76. The van der Waals surface area contributed by atoms with Gasteiger partial charge in [0.2, 0.25) is 5.91 Å². The quantitative estimate of drug-likeness (QED) is 0.565. The van der Waals surface area contributed by atoms with E-state index < -0.39 is 17.1 Å². The van der Waals surface area contributed by atoms with Crippen LogP contribution >= 0.6 is 0 Å². The van der Waals surface area contributed by atoms with Gasteiger partial charge in [-0.3, -0.25) is 24.6 Å². The predicted molar refractivity (Wildman–Crippen MR) is 116 cm³/mol. The third kappa shape index (κ3) is 4.11. The Kier molecular flexibility index (Phi) is 5.76. The van der Waals surface area contributed by atoms with Gasteiger partial charge in [0.1, 0.15) is 12.6 Å². The minimum Gasteiger partial charge on any atom is -0.447 e. The average molecular weight is 438 g/mol. The van der Waals surface area contributed by atoms with Crippen molar-refractivity contribution in [2.45, 2.75) is 25.8 Å². The van der Waals surface area contributed by atoms with Gasteiger partial charge in [-0.2, -0.15) is 0 Å². The third-order valence-corrected chi connectivity index (χ3v) is 5.64. The topological polar surface area (TPSA) is 122 Å². The monoisotopic (exact) mass is 438 g/mol. The third-order valence-electron chi connectivity index (χ3n) is 5.64. The summed E-state index contributed by atoms with van der Waals surface area (Å²) >= 11 is 0. The van der Waals surface area contributed by atoms with Gasteiger partial charge < -0.3 is 15.0 Å². The second kappa shape index (κ2) is 8.66. The molecular weight excluding hydrogens is 416 g/mol. The number of rotatable bonds is 5. The summed E-state index contributed by atoms with van der Waals surface area (Å²) in [7, 11) is 0. The van der Waals surface area contributed by atoms with Crippen LogP contribution in [0.3, 0.4) is 0 Å². The number of likely N-dealkylation sites (tertiary alicyclic amines) is 1. The van der Waals surface area contributed by atoms with E-state index in [-0.39, 0.29) is 17.5 Å². The van der Waals surface area contributed by atoms with Gasteiger partial charge in [0.05, 0.1) is 11.5 Å². The maximum atomic E-state index is 13.0. The molecule has 166 valence electrons. The Balaban J connectivity index is 1.48. The number of nitro benzene ring substituents is 1. The number of nitrogens with zero attached hydrogens (tertiary/aromatic N) is 3. The molecule has 2 saturated heterocycles. The minimum atomic E-state index is -0.654. The Morgan fingerprint density at radius 3 is 2.69 bits per heavy atom. The molecule has 2 heterocycles. The number of cyclic esters (lactones) is 1. The summed E-state index contributed by atoms with van der Waals surface area (Å²) in [4.78, 5) is 51.3. The van der Waals surface area contributed by atoms with Crippen LogP contribution in [0.25, 0.3) is 0 Å². The fourth-order valence-electron chi connectivity index (χ4n) is 4.05. The molecule has 32 heavy (non-hydrogen) atoms. The molecule has 0 spiro atoms. The second-order valence-corrected chi connectivity index (χ2v) is 7.72. The summed E-state index contributed by atoms with van der Waals surface area (Å²) in [5, 5.41) is 13.9. The van der Waals surface area contributed by atoms with Crippen molar-refractivity contribution < 1.29 is 24.0 Å². The van der Waals surface area contributed by atoms with Crippen molar-refractivity contribution in [3.05, 3.63) is 63.7 Å². The first kappa shape index (κ1) is 21.3. The van der Waals surface area contributed by atoms with E-state index in [1.165, 1.54) is 28.0 Å². The molecule has 2 aromatic carbocycles. The molecule has 10 nitrogen and oxygen atoms in total. The van der Waals surface area contributed by atoms with E-state index in [9.17, 15) is 24.5 Å². The number of hydrogen-bond donors (Lipinski definition) is 1. The van der Waals surface area contributed by atoms with Crippen LogP contribution < -0.4 is 10.2 Å². The maximum absolute atomic E-state index is 13.0. The van der Waals surface area contributed by atoms with Crippen molar-refractivity contribution in [3.8, 4) is 0 Å². The summed E-state index contributed by atoms with van der Waals surface area (Å²) in [6.07, 6.45) is 0.761. The molecule has 1 unspecified atom stereocenters. The lowest BCUT2D eigenvalue weighted by Gasteiger charge is -2.24. The first-order valence-electron chi connectivity index (χ1n) is 10.3. The van der Waals surface area contributed by atoms with Gasteiger partial charge in [0.25, 0.3) is 11.6 Å². The predicted octanol–water partition coefficient (Wildman–Crippen LogP) is 3.10. The number of hydrogen-bond acceptors (Lipinski definition) is 6. The van der Waals surface area contributed by atoms with Gasteiger partial charge in [0.15, 0.2) is 0 Å². The van der Waals surface area contributed by atoms with E-state index in [0.717, 1.165) is 0 Å². The summed E-state index contributed by atoms with van der Waals surface area (Å²) in [6, 6.07) is 10.4. The zero-order chi connectivity index (χ0) is 22.8. The Hall–Kier alpha value is -3.95. The molecule has 2 aliphatic rings. The molecule has 0 radical (unpaired) electrons. The number of ether oxygens (including phenoxy) is 1. The maximum Gasteiger partial charge on any atom is 0.414 e. The molecule has 10 heteroatoms. The van der Waals surface area contributed by atoms with Crippen molar-refractivity contribution in [1.82, 2.24) is 4.90 Å². The minimum absolute atomic E-state index is 0.0565. The van der Waals surface area contributed by atoms with Crippen molar-refractivity contribution >= 4 is 35.0 Å². The zero-order valence-corrected chi connectivity index (χ0v) is 17.4. The average Bonchev–Trinajstić information content (AvgIpc) is 3.42. The van der Waals surface area contributed by atoms with Gasteiger partial charge in [-0.25, -0.2) is 4.79 Å². The molecule has 1 N–H and O–H groups in total. The highest BCUT2D eigenvalue weighted by atomic mass is 16.6. The van der Waals surface area contributed by atoms with Crippen LogP contribution in [-0.4, -0.2) is 53.5 Å². The smallest absolute Gasteiger partial charge is 0.414 e. The van der Waals surface area contributed by atoms with E-state index in [1.807, 2.05) is 0 Å². The SMILES string of the molecule is Cc1cc(C(=O)N2CCCC2C(=O)Nc2cccc(N3CCOC3=O)c2)ccc1[N+](=O)[O-]. The van der Waals surface area contributed by atoms with Crippen LogP contribution in [0.5, 0.6) is 0 Å². The highest BCUT2D eigenvalue weighted by Crippen LogP contribution is 2.26. The highest BCUT2D eigenvalue weighted by Gasteiger charge is 2.35. The van der Waals surface area contributed by atoms with Crippen molar-refractivity contribution in [3.63, 3.8) is 0 Å². The first-order chi connectivity index (χ1) is 15.3. The van der Waals surface area contributed by atoms with Gasteiger partial charge in [-0.1, -0.05) is 6.07 Å². The molecule has 0 bridgehead atoms. The Labute approximate surface area is 183 Å². The van der Waals surface area contributed by atoms with Gasteiger partial charge in [0, 0.05) is 35.1 Å². The normalized spacial score (nSPS) is 17.9. The van der Waals surface area contributed by atoms with Crippen LogP contribution in [0.1, 0.15) is 28.8 Å². The first-order valence-corrected chi connectivity index (χ1v) is 10.3. The number of anilines is 2. The van der Waals surface area contributed by atoms with Gasteiger partial charge in [-0.05, 0) is 50.1 Å². The summed E-state index contributed by atoms with van der Waals surface area (Å²) in [5.74, 6) is -0.662. The second-order valence-electron chi connectivity index (χ2n) is 7.72. The molecule has 2 aliphatic heterocycles. The van der Waals surface area contributed by atoms with Crippen molar-refractivity contribution in [2.75, 3.05) is 29.9 Å². The summed E-state index contributed by atoms with van der Waals surface area (Å²) in [5.41, 5.74) is 1.77. The lowest BCUT2D eigenvalue weighted by atomic mass is 10.1. The van der Waals surface area contributed by atoms with Crippen LogP contribution in [0.15, 0.2) is 42.5 Å². The number of aryl methyl sites for hydroxylation is 1. The van der Waals surface area contributed by atoms with Crippen molar-refractivity contribution in [2.24, 2.45) is 0 Å². The number of carbonyl (C=O) groups excluding carboxylic acids is 3. The van der Waals surface area contributed by atoms with E-state index in [1.54, 1.807) is 31.2 Å². The van der Waals surface area contributed by atoms with Crippen LogP contribution in [-0.2, 0) is 9.53 Å². The number of nitrogens with one attached hydrogen (secondary N) is 1. The summed E-state index contributed by atoms with van der Waals surface area (Å²) < 4.78 is 4.95. The van der Waals surface area contributed by atoms with Crippen LogP contribution in [0, 0.1) is 17.0 Å². The number of benzene rings is 2. The molecule has 0 aromatic heterocycles. The Morgan fingerprint density at radius 1 is 1.19 bits per heavy atom. The molecular formula is C22H22N4O6. The Morgan fingerprint density at radius 2 is 2.00 bits per heavy atom. The molecule has 0 saturated carbocycles. The van der Waals surface area contributed by atoms with Crippen LogP contribution in [0.2, 0.25) is 0 Å². The number of amides is 3. The van der Waals surface area contributed by atoms with E-state index in [2.05, 4.69) is 5.32 Å². The van der Waals surface area contributed by atoms with E-state index >= 15 is 0 Å². The molecule has 2 fully saturated rings. The van der Waals surface area contributed by atoms with Gasteiger partial charge in [-0.15, -0.1) is 0 Å². The standard InChI is InChI=1S/C22H22N4O6/c1-14-12-15(7-8-18(14)26(30)31)21(28)25-9-3-6-19(25)20(27)23-16-4-2-5-17(13-16)24-10-11-32-22(24)29/h2,4-5,7-8,12-13,19H,3,6,9-11H2,1H3,(H,23,27). The molecule has 2 aromatic rings. The lowest BCUT2D eigenvalue weighted by Crippen LogP contribution is -2.43. The highest BCUT2D eigenvalue weighted by molar-refractivity contribution is 6.02. The Bertz CT molecular complexity index is 1100. The fraction of sp³-hybridized carbons (Fsp3) is 0.318. The molecule has 3 amide bonds. The molecule has 0 aliphatic carbocycles. The van der Waals surface area contributed by atoms with Crippen LogP contribution in [0.4, 0.5) is 21.9 Å². The largest absolute Gasteiger partial charge is 0.447 e. The van der Waals surface area contributed by atoms with Gasteiger partial charge >= 0.3 is 6.09 Å². The fourth-order valence-corrected chi connectivity index (χ4v) is 4.05. The molecule has 1 atom stereocenters. The molecule has 4 rings (SSSR count). The lowest BCUT2D eigenvalue weighted by molar-refractivity contribution is -0.385. The zero-order valence-electron chi connectivity index (χ0n) is 17.4. The van der Waals surface area contributed by atoms with E-state index in [4.69, 9.17) is 4.74 Å². The number of carbonyl (C=O) groups is 3. The number of nitro groups is 1. The van der Waals surface area contributed by atoms with E-state index in [0.29, 0.717) is 55.0 Å².